The number of nitrogens with one attached hydrogen (secondary N) is 2. The number of ether oxygens (including phenoxy) is 1. The van der Waals surface area contributed by atoms with Gasteiger partial charge in [0.05, 0.1) is 0 Å². The standard InChI is InChI=1S/C35H37N3O4/c1-35(2,3)42-31(39)23-38-20-18-28-29(15-10-16-30(28)38)34(41)36-19-17-26-21-27(22-37-33(26)40)32(24-11-6-4-7-12-24)25-13-8-5-9-14-25/h4-16,21-22,32H,17-20,23H2,1-3H3,(H,36,41)(H,37,40). The first-order valence-electron chi connectivity index (χ1n) is 14.4. The van der Waals surface area contributed by atoms with E-state index in [0.29, 0.717) is 37.1 Å². The lowest BCUT2D eigenvalue weighted by Gasteiger charge is -2.23. The van der Waals surface area contributed by atoms with E-state index in [1.54, 1.807) is 6.20 Å². The molecule has 1 amide bonds. The van der Waals surface area contributed by atoms with Crippen molar-refractivity contribution in [3.63, 3.8) is 0 Å². The van der Waals surface area contributed by atoms with Gasteiger partial charge in [-0.25, -0.2) is 0 Å². The van der Waals surface area contributed by atoms with Gasteiger partial charge in [-0.3, -0.25) is 14.4 Å². The number of hydrogen-bond donors (Lipinski definition) is 2. The highest BCUT2D eigenvalue weighted by molar-refractivity contribution is 5.98. The maximum atomic E-state index is 13.2. The number of hydrogen-bond acceptors (Lipinski definition) is 5. The number of carbonyl (C=O) groups excluding carboxylic acids is 2. The van der Waals surface area contributed by atoms with Crippen LogP contribution in [0.4, 0.5) is 5.69 Å². The zero-order valence-electron chi connectivity index (χ0n) is 24.4. The lowest BCUT2D eigenvalue weighted by atomic mass is 9.85. The third-order valence-corrected chi connectivity index (χ3v) is 7.39. The quantitative estimate of drug-likeness (QED) is 0.272. The molecule has 0 fully saturated rings. The molecule has 0 aliphatic carbocycles. The highest BCUT2D eigenvalue weighted by Crippen LogP contribution is 2.32. The zero-order valence-corrected chi connectivity index (χ0v) is 24.4. The average Bonchev–Trinajstić information content (AvgIpc) is 3.37. The molecule has 1 aromatic heterocycles. The SMILES string of the molecule is CC(C)(C)OC(=O)CN1CCc2c(C(=O)NCCc3cc(C(c4ccccc4)c4ccccc4)c[nH]c3=O)cccc21. The van der Waals surface area contributed by atoms with Crippen LogP contribution in [0.3, 0.4) is 0 Å². The van der Waals surface area contributed by atoms with Crippen LogP contribution in [0.15, 0.2) is 95.9 Å². The van der Waals surface area contributed by atoms with Crippen LogP contribution in [0.25, 0.3) is 0 Å². The van der Waals surface area contributed by atoms with Crippen molar-refractivity contribution in [2.75, 3.05) is 24.5 Å². The smallest absolute Gasteiger partial charge is 0.326 e. The number of amides is 1. The Kier molecular flexibility index (Phi) is 8.57. The minimum atomic E-state index is -0.549. The number of benzene rings is 3. The second-order valence-corrected chi connectivity index (χ2v) is 11.6. The molecule has 0 bridgehead atoms. The van der Waals surface area contributed by atoms with Crippen LogP contribution < -0.4 is 15.8 Å². The van der Waals surface area contributed by atoms with Gasteiger partial charge in [-0.2, -0.15) is 0 Å². The van der Waals surface area contributed by atoms with Gasteiger partial charge in [-0.15, -0.1) is 0 Å². The van der Waals surface area contributed by atoms with E-state index in [1.807, 2.05) is 86.3 Å². The lowest BCUT2D eigenvalue weighted by Crippen LogP contribution is -2.34. The van der Waals surface area contributed by atoms with E-state index in [9.17, 15) is 14.4 Å². The number of pyridine rings is 1. The lowest BCUT2D eigenvalue weighted by molar-refractivity contribution is -0.152. The van der Waals surface area contributed by atoms with Gasteiger partial charge in [0.2, 0.25) is 0 Å². The molecule has 0 saturated heterocycles. The third kappa shape index (κ3) is 6.79. The van der Waals surface area contributed by atoms with E-state index in [0.717, 1.165) is 27.9 Å². The Balaban J connectivity index is 1.28. The number of fused-ring (bicyclic) bond motifs is 1. The second-order valence-electron chi connectivity index (χ2n) is 11.6. The van der Waals surface area contributed by atoms with Crippen LogP contribution in [-0.2, 0) is 22.4 Å². The minimum absolute atomic E-state index is 0.0341. The molecule has 7 nitrogen and oxygen atoms in total. The molecule has 7 heteroatoms. The van der Waals surface area contributed by atoms with Crippen LogP contribution in [0.1, 0.15) is 64.9 Å². The van der Waals surface area contributed by atoms with Gasteiger partial charge in [0.1, 0.15) is 12.1 Å². The summed E-state index contributed by atoms with van der Waals surface area (Å²) in [5.41, 5.74) is 5.55. The van der Waals surface area contributed by atoms with Gasteiger partial charge in [0.25, 0.3) is 11.5 Å². The van der Waals surface area contributed by atoms with Crippen LogP contribution in [0.2, 0.25) is 0 Å². The number of aromatic amines is 1. The predicted molar refractivity (Wildman–Crippen MR) is 165 cm³/mol. The highest BCUT2D eigenvalue weighted by atomic mass is 16.6. The van der Waals surface area contributed by atoms with Crippen molar-refractivity contribution in [3.8, 4) is 0 Å². The molecule has 42 heavy (non-hydrogen) atoms. The molecule has 0 saturated carbocycles. The van der Waals surface area contributed by atoms with Crippen LogP contribution in [0.5, 0.6) is 0 Å². The highest BCUT2D eigenvalue weighted by Gasteiger charge is 2.27. The molecule has 2 heterocycles. The third-order valence-electron chi connectivity index (χ3n) is 7.39. The van der Waals surface area contributed by atoms with Gasteiger partial charge in [0, 0.05) is 42.0 Å². The Morgan fingerprint density at radius 1 is 0.929 bits per heavy atom. The van der Waals surface area contributed by atoms with E-state index in [4.69, 9.17) is 4.74 Å². The van der Waals surface area contributed by atoms with Crippen molar-refractivity contribution < 1.29 is 14.3 Å². The molecule has 2 N–H and O–H groups in total. The van der Waals surface area contributed by atoms with Gasteiger partial charge >= 0.3 is 5.97 Å². The Labute approximate surface area is 246 Å². The number of esters is 1. The molecular weight excluding hydrogens is 526 g/mol. The fraction of sp³-hybridized carbons (Fsp3) is 0.286. The summed E-state index contributed by atoms with van der Waals surface area (Å²) < 4.78 is 5.48. The molecule has 3 aromatic carbocycles. The maximum absolute atomic E-state index is 13.2. The monoisotopic (exact) mass is 563 g/mol. The molecule has 4 aromatic rings. The molecule has 1 aliphatic heterocycles. The number of rotatable bonds is 9. The minimum Gasteiger partial charge on any atom is -0.459 e. The molecule has 0 atom stereocenters. The van der Waals surface area contributed by atoms with Crippen LogP contribution >= 0.6 is 0 Å². The van der Waals surface area contributed by atoms with Crippen molar-refractivity contribution >= 4 is 17.6 Å². The summed E-state index contributed by atoms with van der Waals surface area (Å²) in [6.07, 6.45) is 2.85. The number of carbonyl (C=O) groups is 2. The fourth-order valence-corrected chi connectivity index (χ4v) is 5.58. The molecular formula is C35H37N3O4. The summed E-state index contributed by atoms with van der Waals surface area (Å²) in [5.74, 6) is -0.516. The van der Waals surface area contributed by atoms with Gasteiger partial charge < -0.3 is 19.9 Å². The van der Waals surface area contributed by atoms with Gasteiger partial charge in [0.15, 0.2) is 0 Å². The van der Waals surface area contributed by atoms with Crippen LogP contribution in [-0.4, -0.2) is 42.1 Å². The van der Waals surface area contributed by atoms with Crippen molar-refractivity contribution in [1.29, 1.82) is 0 Å². The van der Waals surface area contributed by atoms with Crippen molar-refractivity contribution in [2.45, 2.75) is 45.1 Å². The fourth-order valence-electron chi connectivity index (χ4n) is 5.58. The van der Waals surface area contributed by atoms with Crippen molar-refractivity contribution in [1.82, 2.24) is 10.3 Å². The normalized spacial score (nSPS) is 12.7. The maximum Gasteiger partial charge on any atom is 0.326 e. The number of anilines is 1. The van der Waals surface area contributed by atoms with E-state index in [2.05, 4.69) is 34.6 Å². The topological polar surface area (TPSA) is 91.5 Å². The Morgan fingerprint density at radius 3 is 2.24 bits per heavy atom. The van der Waals surface area contributed by atoms with E-state index >= 15 is 0 Å². The molecule has 0 unspecified atom stereocenters. The second kappa shape index (κ2) is 12.5. The zero-order chi connectivity index (χ0) is 29.7. The molecule has 0 radical (unpaired) electrons. The van der Waals surface area contributed by atoms with E-state index < -0.39 is 5.60 Å². The first kappa shape index (κ1) is 28.9. The number of aromatic nitrogens is 1. The number of H-pyrrole nitrogens is 1. The molecule has 5 rings (SSSR count). The van der Waals surface area contributed by atoms with Gasteiger partial charge in [-0.05, 0) is 74.1 Å². The summed E-state index contributed by atoms with van der Waals surface area (Å²) in [6.45, 7) is 6.64. The largest absolute Gasteiger partial charge is 0.459 e. The average molecular weight is 564 g/mol. The first-order chi connectivity index (χ1) is 20.2. The van der Waals surface area contributed by atoms with E-state index in [-0.39, 0.29) is 29.9 Å². The summed E-state index contributed by atoms with van der Waals surface area (Å²) >= 11 is 0. The van der Waals surface area contributed by atoms with Crippen molar-refractivity contribution in [3.05, 3.63) is 135 Å². The molecule has 216 valence electrons. The summed E-state index contributed by atoms with van der Waals surface area (Å²) in [6, 6.07) is 28.0. The van der Waals surface area contributed by atoms with E-state index in [1.165, 1.54) is 0 Å². The Bertz CT molecular complexity index is 1570. The van der Waals surface area contributed by atoms with Crippen LogP contribution in [0, 0.1) is 0 Å². The molecule has 1 aliphatic rings. The molecule has 0 spiro atoms. The van der Waals surface area contributed by atoms with Gasteiger partial charge in [-0.1, -0.05) is 66.7 Å². The Morgan fingerprint density at radius 2 is 1.60 bits per heavy atom. The Hall–Kier alpha value is -4.65. The number of nitrogens with zero attached hydrogens (tertiary/aromatic N) is 1. The summed E-state index contributed by atoms with van der Waals surface area (Å²) in [7, 11) is 0. The summed E-state index contributed by atoms with van der Waals surface area (Å²) in [4.78, 5) is 43.3. The predicted octanol–water partition coefficient (Wildman–Crippen LogP) is 5.23. The summed E-state index contributed by atoms with van der Waals surface area (Å²) in [5, 5.41) is 3.00. The first-order valence-corrected chi connectivity index (χ1v) is 14.4. The van der Waals surface area contributed by atoms with Crippen molar-refractivity contribution in [2.24, 2.45) is 0 Å².